The molecule has 2 aromatic rings. The fraction of sp³-hybridized carbons (Fsp3) is 0.438. The van der Waals surface area contributed by atoms with E-state index in [0.29, 0.717) is 0 Å². The van der Waals surface area contributed by atoms with Crippen LogP contribution in [0.5, 0.6) is 0 Å². The summed E-state index contributed by atoms with van der Waals surface area (Å²) in [7, 11) is 0. The van der Waals surface area contributed by atoms with Crippen LogP contribution in [0.25, 0.3) is 0 Å². The lowest BCUT2D eigenvalue weighted by Gasteiger charge is -2.16. The first-order valence-corrected chi connectivity index (χ1v) is 8.14. The fourth-order valence-corrected chi connectivity index (χ4v) is 3.15. The molecule has 0 unspecified atom stereocenters. The van der Waals surface area contributed by atoms with Gasteiger partial charge in [0.05, 0.1) is 0 Å². The van der Waals surface area contributed by atoms with Crippen molar-refractivity contribution in [1.29, 1.82) is 0 Å². The second-order valence-electron chi connectivity index (χ2n) is 4.94. The number of nitrogens with one attached hydrogen (secondary N) is 1. The zero-order valence-corrected chi connectivity index (χ0v) is 13.6. The number of nitrogens with zero attached hydrogens (tertiary/aromatic N) is 2. The summed E-state index contributed by atoms with van der Waals surface area (Å²) >= 11 is 1.71. The van der Waals surface area contributed by atoms with Crippen molar-refractivity contribution in [2.24, 2.45) is 0 Å². The average Bonchev–Trinajstić information content (AvgIpc) is 2.95. The Kier molecular flexibility index (Phi) is 5.70. The van der Waals surface area contributed by atoms with Crippen LogP contribution in [0, 0.1) is 5.82 Å². The smallest absolute Gasteiger partial charge is 0.185 e. The van der Waals surface area contributed by atoms with Crippen LogP contribution >= 0.6 is 11.3 Å². The Morgan fingerprint density at radius 3 is 2.76 bits per heavy atom. The Bertz CT molecular complexity index is 566. The van der Waals surface area contributed by atoms with E-state index in [2.05, 4.69) is 29.0 Å². The molecule has 0 aliphatic rings. The van der Waals surface area contributed by atoms with Crippen LogP contribution in [0.2, 0.25) is 0 Å². The van der Waals surface area contributed by atoms with Gasteiger partial charge >= 0.3 is 0 Å². The van der Waals surface area contributed by atoms with Gasteiger partial charge in [0, 0.05) is 36.8 Å². The maximum Gasteiger partial charge on any atom is 0.185 e. The van der Waals surface area contributed by atoms with Crippen LogP contribution in [-0.2, 0) is 6.54 Å². The van der Waals surface area contributed by atoms with E-state index in [4.69, 9.17) is 0 Å². The monoisotopic (exact) mass is 307 g/mol. The first-order valence-electron chi connectivity index (χ1n) is 7.32. The standard InChI is InChI=1S/C16H22FN3S/c1-4-20(5-2)16-19-11-15(21-16)10-18-12(3)13-7-6-8-14(17)9-13/h6-9,11-12,18H,4-5,10H2,1-3H3/t12-/m0/s1. The average molecular weight is 307 g/mol. The molecular weight excluding hydrogens is 285 g/mol. The normalized spacial score (nSPS) is 12.4. The predicted octanol–water partition coefficient (Wildman–Crippen LogP) is 3.98. The van der Waals surface area contributed by atoms with Gasteiger partial charge in [-0.25, -0.2) is 9.37 Å². The summed E-state index contributed by atoms with van der Waals surface area (Å²) in [6.07, 6.45) is 1.92. The van der Waals surface area contributed by atoms with Crippen molar-refractivity contribution in [2.75, 3.05) is 18.0 Å². The maximum absolute atomic E-state index is 13.2. The third kappa shape index (κ3) is 4.25. The first-order chi connectivity index (χ1) is 10.1. The van der Waals surface area contributed by atoms with Gasteiger partial charge < -0.3 is 10.2 Å². The third-order valence-electron chi connectivity index (χ3n) is 3.51. The van der Waals surface area contributed by atoms with E-state index in [1.807, 2.05) is 19.2 Å². The highest BCUT2D eigenvalue weighted by Gasteiger charge is 2.10. The first kappa shape index (κ1) is 15.9. The van der Waals surface area contributed by atoms with Crippen LogP contribution in [0.1, 0.15) is 37.3 Å². The summed E-state index contributed by atoms with van der Waals surface area (Å²) in [6, 6.07) is 6.84. The molecule has 0 amide bonds. The second kappa shape index (κ2) is 7.52. The maximum atomic E-state index is 13.2. The SMILES string of the molecule is CCN(CC)c1ncc(CN[C@@H](C)c2cccc(F)c2)s1. The Balaban J connectivity index is 1.94. The van der Waals surface area contributed by atoms with Gasteiger partial charge in [-0.15, -0.1) is 11.3 Å². The predicted molar refractivity (Wildman–Crippen MR) is 87.3 cm³/mol. The van der Waals surface area contributed by atoms with Gasteiger partial charge in [-0.3, -0.25) is 0 Å². The number of hydrogen-bond acceptors (Lipinski definition) is 4. The summed E-state index contributed by atoms with van der Waals surface area (Å²) in [4.78, 5) is 7.90. The van der Waals surface area contributed by atoms with Crippen molar-refractivity contribution < 1.29 is 4.39 Å². The van der Waals surface area contributed by atoms with Gasteiger partial charge in [-0.2, -0.15) is 0 Å². The number of anilines is 1. The van der Waals surface area contributed by atoms with Crippen molar-refractivity contribution in [2.45, 2.75) is 33.4 Å². The minimum atomic E-state index is -0.192. The molecule has 0 radical (unpaired) electrons. The Hall–Kier alpha value is -1.46. The van der Waals surface area contributed by atoms with E-state index >= 15 is 0 Å². The summed E-state index contributed by atoms with van der Waals surface area (Å²) in [5, 5.41) is 4.48. The van der Waals surface area contributed by atoms with Gasteiger partial charge in [0.25, 0.3) is 0 Å². The largest absolute Gasteiger partial charge is 0.349 e. The molecule has 1 aromatic heterocycles. The molecule has 3 nitrogen and oxygen atoms in total. The molecule has 0 saturated carbocycles. The van der Waals surface area contributed by atoms with Gasteiger partial charge in [0.2, 0.25) is 0 Å². The lowest BCUT2D eigenvalue weighted by atomic mass is 10.1. The number of aromatic nitrogens is 1. The molecule has 114 valence electrons. The number of benzene rings is 1. The molecular formula is C16H22FN3S. The van der Waals surface area contributed by atoms with Crippen LogP contribution in [0.3, 0.4) is 0 Å². The van der Waals surface area contributed by atoms with Gasteiger partial charge in [-0.05, 0) is 38.5 Å². The number of hydrogen-bond donors (Lipinski definition) is 1. The molecule has 0 spiro atoms. The van der Waals surface area contributed by atoms with E-state index in [1.165, 1.54) is 10.9 Å². The second-order valence-corrected chi connectivity index (χ2v) is 6.03. The highest BCUT2D eigenvalue weighted by atomic mass is 32.1. The highest BCUT2D eigenvalue weighted by molar-refractivity contribution is 7.15. The molecule has 1 atom stereocenters. The molecule has 5 heteroatoms. The minimum Gasteiger partial charge on any atom is -0.349 e. The van der Waals surface area contributed by atoms with E-state index < -0.39 is 0 Å². The summed E-state index contributed by atoms with van der Waals surface area (Å²) in [5.74, 6) is -0.192. The molecule has 0 saturated heterocycles. The third-order valence-corrected chi connectivity index (χ3v) is 4.56. The number of thiazole rings is 1. The van der Waals surface area contributed by atoms with Crippen molar-refractivity contribution >= 4 is 16.5 Å². The highest BCUT2D eigenvalue weighted by Crippen LogP contribution is 2.23. The van der Waals surface area contributed by atoms with Crippen molar-refractivity contribution in [3.63, 3.8) is 0 Å². The summed E-state index contributed by atoms with van der Waals surface area (Å²) in [6.45, 7) is 8.99. The van der Waals surface area contributed by atoms with Gasteiger partial charge in [0.15, 0.2) is 5.13 Å². The molecule has 1 N–H and O–H groups in total. The van der Waals surface area contributed by atoms with E-state index in [9.17, 15) is 4.39 Å². The molecule has 1 heterocycles. The van der Waals surface area contributed by atoms with Crippen LogP contribution in [0.15, 0.2) is 30.5 Å². The molecule has 0 bridgehead atoms. The Morgan fingerprint density at radius 2 is 2.10 bits per heavy atom. The molecule has 0 aliphatic carbocycles. The van der Waals surface area contributed by atoms with Crippen molar-refractivity contribution in [1.82, 2.24) is 10.3 Å². The van der Waals surface area contributed by atoms with Crippen molar-refractivity contribution in [3.05, 3.63) is 46.7 Å². The zero-order valence-electron chi connectivity index (χ0n) is 12.8. The molecule has 0 fully saturated rings. The quantitative estimate of drug-likeness (QED) is 0.838. The van der Waals surface area contributed by atoms with E-state index in [-0.39, 0.29) is 11.9 Å². The molecule has 21 heavy (non-hydrogen) atoms. The zero-order chi connectivity index (χ0) is 15.2. The van der Waals surface area contributed by atoms with Crippen LogP contribution < -0.4 is 10.2 Å². The summed E-state index contributed by atoms with van der Waals surface area (Å²) < 4.78 is 13.2. The lowest BCUT2D eigenvalue weighted by Crippen LogP contribution is -2.21. The van der Waals surface area contributed by atoms with Crippen LogP contribution in [-0.4, -0.2) is 18.1 Å². The Labute approximate surface area is 129 Å². The minimum absolute atomic E-state index is 0.111. The molecule has 0 aliphatic heterocycles. The molecule has 2 rings (SSSR count). The van der Waals surface area contributed by atoms with E-state index in [1.54, 1.807) is 23.5 Å². The number of halogens is 1. The number of rotatable bonds is 7. The van der Waals surface area contributed by atoms with Gasteiger partial charge in [0.1, 0.15) is 5.82 Å². The molecule has 1 aromatic carbocycles. The fourth-order valence-electron chi connectivity index (χ4n) is 2.17. The van der Waals surface area contributed by atoms with E-state index in [0.717, 1.165) is 30.3 Å². The van der Waals surface area contributed by atoms with Crippen LogP contribution in [0.4, 0.5) is 9.52 Å². The Morgan fingerprint density at radius 1 is 1.33 bits per heavy atom. The topological polar surface area (TPSA) is 28.2 Å². The van der Waals surface area contributed by atoms with Crippen molar-refractivity contribution in [3.8, 4) is 0 Å². The lowest BCUT2D eigenvalue weighted by molar-refractivity contribution is 0.568. The van der Waals surface area contributed by atoms with Gasteiger partial charge in [-0.1, -0.05) is 12.1 Å². The summed E-state index contributed by atoms with van der Waals surface area (Å²) in [5.41, 5.74) is 0.962.